The molecular weight excluding hydrogens is 399 g/mol. The van der Waals surface area contributed by atoms with Gasteiger partial charge >= 0.3 is 0 Å². The van der Waals surface area contributed by atoms with E-state index in [1.165, 1.54) is 12.1 Å². The summed E-state index contributed by atoms with van der Waals surface area (Å²) in [7, 11) is 0. The molecular formula is C22H27FN6S. The lowest BCUT2D eigenvalue weighted by atomic mass is 9.93. The average molecular weight is 427 g/mol. The molecule has 1 aromatic carbocycles. The molecule has 1 aliphatic heterocycles. The second-order valence-electron chi connectivity index (χ2n) is 7.87. The van der Waals surface area contributed by atoms with Crippen LogP contribution in [0.1, 0.15) is 24.2 Å². The van der Waals surface area contributed by atoms with Crippen molar-refractivity contribution in [3.63, 3.8) is 0 Å². The van der Waals surface area contributed by atoms with Crippen molar-refractivity contribution in [2.45, 2.75) is 25.8 Å². The zero-order chi connectivity index (χ0) is 20.9. The Bertz CT molecular complexity index is 995. The standard InChI is InChI=1S/C22H27FN6S/c23-18-5-3-17(4-6-18)15-29-20(27-19-2-1-9-25-21(19)29)14-16-7-11-28(12-8-16)13-10-26-22(24)30/h1-6,9,16H,7-8,10-15H2,(H3,24,26,30). The Morgan fingerprint density at radius 3 is 2.70 bits per heavy atom. The number of hydrogen-bond acceptors (Lipinski definition) is 4. The Morgan fingerprint density at radius 2 is 1.97 bits per heavy atom. The van der Waals surface area contributed by atoms with E-state index in [1.54, 1.807) is 6.20 Å². The van der Waals surface area contributed by atoms with Crippen molar-refractivity contribution in [2.75, 3.05) is 26.2 Å². The van der Waals surface area contributed by atoms with Gasteiger partial charge in [-0.15, -0.1) is 0 Å². The van der Waals surface area contributed by atoms with E-state index in [1.807, 2.05) is 24.3 Å². The maximum Gasteiger partial charge on any atom is 0.163 e. The molecule has 1 saturated heterocycles. The van der Waals surface area contributed by atoms with E-state index in [9.17, 15) is 4.39 Å². The van der Waals surface area contributed by atoms with Crippen LogP contribution in [0, 0.1) is 11.7 Å². The minimum atomic E-state index is -0.220. The minimum absolute atomic E-state index is 0.220. The van der Waals surface area contributed by atoms with Gasteiger partial charge in [0, 0.05) is 25.7 Å². The van der Waals surface area contributed by atoms with Crippen molar-refractivity contribution in [3.05, 3.63) is 59.8 Å². The number of likely N-dealkylation sites (tertiary alicyclic amines) is 1. The fourth-order valence-corrected chi connectivity index (χ4v) is 4.21. The van der Waals surface area contributed by atoms with Gasteiger partial charge in [-0.3, -0.25) is 0 Å². The third kappa shape index (κ3) is 5.12. The first kappa shape index (κ1) is 20.7. The Kier molecular flexibility index (Phi) is 6.54. The Hall–Kier alpha value is -2.58. The lowest BCUT2D eigenvalue weighted by Crippen LogP contribution is -2.41. The van der Waals surface area contributed by atoms with E-state index < -0.39 is 0 Å². The highest BCUT2D eigenvalue weighted by Gasteiger charge is 2.22. The molecule has 8 heteroatoms. The van der Waals surface area contributed by atoms with Crippen LogP contribution < -0.4 is 11.1 Å². The fraction of sp³-hybridized carbons (Fsp3) is 0.409. The van der Waals surface area contributed by atoms with Gasteiger partial charge in [0.15, 0.2) is 10.8 Å². The molecule has 0 amide bonds. The monoisotopic (exact) mass is 426 g/mol. The molecule has 4 rings (SSSR count). The van der Waals surface area contributed by atoms with Crippen LogP contribution in [0.2, 0.25) is 0 Å². The Balaban J connectivity index is 1.44. The molecule has 3 N–H and O–H groups in total. The summed E-state index contributed by atoms with van der Waals surface area (Å²) in [6.45, 7) is 4.53. The topological polar surface area (TPSA) is 72.0 Å². The summed E-state index contributed by atoms with van der Waals surface area (Å²) in [4.78, 5) is 11.9. The van der Waals surface area contributed by atoms with Crippen LogP contribution in [-0.2, 0) is 13.0 Å². The van der Waals surface area contributed by atoms with Gasteiger partial charge in [0.2, 0.25) is 0 Å². The maximum absolute atomic E-state index is 13.3. The number of nitrogens with one attached hydrogen (secondary N) is 1. The Morgan fingerprint density at radius 1 is 1.20 bits per heavy atom. The SMILES string of the molecule is NC(=S)NCCN1CCC(Cc2nc3cccnc3n2Cc2ccc(F)cc2)CC1. The molecule has 0 bridgehead atoms. The van der Waals surface area contributed by atoms with E-state index in [0.717, 1.165) is 68.0 Å². The number of aromatic nitrogens is 3. The van der Waals surface area contributed by atoms with E-state index >= 15 is 0 Å². The number of benzene rings is 1. The first-order valence-electron chi connectivity index (χ1n) is 10.4. The molecule has 0 atom stereocenters. The van der Waals surface area contributed by atoms with Gasteiger partial charge < -0.3 is 20.5 Å². The molecule has 158 valence electrons. The number of nitrogens with zero attached hydrogens (tertiary/aromatic N) is 4. The van der Waals surface area contributed by atoms with Gasteiger partial charge in [0.05, 0.1) is 6.54 Å². The molecule has 3 heterocycles. The van der Waals surface area contributed by atoms with Crippen LogP contribution in [-0.4, -0.2) is 50.7 Å². The zero-order valence-electron chi connectivity index (χ0n) is 16.9. The highest BCUT2D eigenvalue weighted by molar-refractivity contribution is 7.80. The predicted molar refractivity (Wildman–Crippen MR) is 121 cm³/mol. The van der Waals surface area contributed by atoms with Gasteiger partial charge in [-0.2, -0.15) is 0 Å². The van der Waals surface area contributed by atoms with E-state index in [0.29, 0.717) is 17.6 Å². The van der Waals surface area contributed by atoms with Gasteiger partial charge in [0.1, 0.15) is 17.2 Å². The number of hydrogen-bond donors (Lipinski definition) is 2. The Labute approximate surface area is 181 Å². The second kappa shape index (κ2) is 9.49. The zero-order valence-corrected chi connectivity index (χ0v) is 17.7. The summed E-state index contributed by atoms with van der Waals surface area (Å²) in [5.74, 6) is 1.43. The predicted octanol–water partition coefficient (Wildman–Crippen LogP) is 2.71. The van der Waals surface area contributed by atoms with Crippen molar-refractivity contribution in [1.29, 1.82) is 0 Å². The number of imidazole rings is 1. The van der Waals surface area contributed by atoms with Crippen LogP contribution in [0.5, 0.6) is 0 Å². The normalized spacial score (nSPS) is 15.5. The molecule has 3 aromatic rings. The van der Waals surface area contributed by atoms with Gasteiger partial charge in [-0.25, -0.2) is 14.4 Å². The van der Waals surface area contributed by atoms with Crippen molar-refractivity contribution in [2.24, 2.45) is 11.7 Å². The summed E-state index contributed by atoms with van der Waals surface area (Å²) in [6, 6.07) is 10.6. The molecule has 6 nitrogen and oxygen atoms in total. The smallest absolute Gasteiger partial charge is 0.163 e. The fourth-order valence-electron chi connectivity index (χ4n) is 4.11. The average Bonchev–Trinajstić information content (AvgIpc) is 3.08. The summed E-state index contributed by atoms with van der Waals surface area (Å²) < 4.78 is 15.5. The number of piperidine rings is 1. The number of nitrogens with two attached hydrogens (primary N) is 1. The molecule has 0 saturated carbocycles. The molecule has 0 radical (unpaired) electrons. The van der Waals surface area contributed by atoms with Crippen LogP contribution in [0.4, 0.5) is 4.39 Å². The van der Waals surface area contributed by atoms with Gasteiger partial charge in [-0.05, 0) is 73.9 Å². The summed E-state index contributed by atoms with van der Waals surface area (Å²) in [5, 5.41) is 3.38. The van der Waals surface area contributed by atoms with Gasteiger partial charge in [-0.1, -0.05) is 12.1 Å². The van der Waals surface area contributed by atoms with Crippen LogP contribution in [0.3, 0.4) is 0 Å². The third-order valence-corrected chi connectivity index (χ3v) is 5.89. The maximum atomic E-state index is 13.3. The van der Waals surface area contributed by atoms with Crippen molar-refractivity contribution in [3.8, 4) is 0 Å². The van der Waals surface area contributed by atoms with Crippen LogP contribution in [0.25, 0.3) is 11.2 Å². The van der Waals surface area contributed by atoms with Crippen LogP contribution in [0.15, 0.2) is 42.6 Å². The first-order valence-corrected chi connectivity index (χ1v) is 10.8. The molecule has 0 aliphatic carbocycles. The van der Waals surface area contributed by atoms with Crippen molar-refractivity contribution in [1.82, 2.24) is 24.8 Å². The van der Waals surface area contributed by atoms with E-state index in [-0.39, 0.29) is 5.82 Å². The summed E-state index contributed by atoms with van der Waals surface area (Å²) in [6.07, 6.45) is 5.01. The molecule has 0 unspecified atom stereocenters. The van der Waals surface area contributed by atoms with E-state index in [2.05, 4.69) is 19.8 Å². The number of pyridine rings is 1. The highest BCUT2D eigenvalue weighted by atomic mass is 32.1. The lowest BCUT2D eigenvalue weighted by molar-refractivity contribution is 0.185. The second-order valence-corrected chi connectivity index (χ2v) is 8.31. The van der Waals surface area contributed by atoms with Crippen molar-refractivity contribution < 1.29 is 4.39 Å². The number of fused-ring (bicyclic) bond motifs is 1. The molecule has 0 spiro atoms. The first-order chi connectivity index (χ1) is 14.6. The molecule has 1 aliphatic rings. The summed E-state index contributed by atoms with van der Waals surface area (Å²) >= 11 is 4.86. The molecule has 1 fully saturated rings. The summed E-state index contributed by atoms with van der Waals surface area (Å²) in [5.41, 5.74) is 8.34. The molecule has 30 heavy (non-hydrogen) atoms. The highest BCUT2D eigenvalue weighted by Crippen LogP contribution is 2.24. The van der Waals surface area contributed by atoms with Gasteiger partial charge in [0.25, 0.3) is 0 Å². The lowest BCUT2D eigenvalue weighted by Gasteiger charge is -2.31. The van der Waals surface area contributed by atoms with Crippen LogP contribution >= 0.6 is 12.2 Å². The number of halogens is 1. The van der Waals surface area contributed by atoms with Crippen molar-refractivity contribution >= 4 is 28.5 Å². The van der Waals surface area contributed by atoms with E-state index in [4.69, 9.17) is 22.9 Å². The third-order valence-electron chi connectivity index (χ3n) is 5.74. The number of thiocarbonyl (C=S) groups is 1. The minimum Gasteiger partial charge on any atom is -0.376 e. The number of rotatable bonds is 7. The quantitative estimate of drug-likeness (QED) is 0.566. The molecule has 2 aromatic heterocycles. The largest absolute Gasteiger partial charge is 0.376 e.